The van der Waals surface area contributed by atoms with Gasteiger partial charge in [0.05, 0.1) is 12.2 Å². The van der Waals surface area contributed by atoms with Crippen molar-refractivity contribution < 1.29 is 4.79 Å². The summed E-state index contributed by atoms with van der Waals surface area (Å²) in [5.74, 6) is -0.155. The summed E-state index contributed by atoms with van der Waals surface area (Å²) in [6.45, 7) is 6.31. The fraction of sp³-hybridized carbons (Fsp3) is 0.727. The molecule has 0 spiro atoms. The van der Waals surface area contributed by atoms with Gasteiger partial charge in [-0.25, -0.2) is 4.68 Å². The van der Waals surface area contributed by atoms with Crippen LogP contribution in [0.5, 0.6) is 0 Å². The highest BCUT2D eigenvalue weighted by molar-refractivity contribution is 5.91. The number of carbonyl (C=O) groups is 1. The molecule has 0 atom stereocenters. The van der Waals surface area contributed by atoms with E-state index in [0.717, 1.165) is 26.2 Å². The number of aromatic nitrogens is 3. The summed E-state index contributed by atoms with van der Waals surface area (Å²) in [7, 11) is 2.02. The van der Waals surface area contributed by atoms with E-state index in [1.807, 2.05) is 7.05 Å². The van der Waals surface area contributed by atoms with Gasteiger partial charge in [0.1, 0.15) is 0 Å². The molecule has 1 aromatic heterocycles. The van der Waals surface area contributed by atoms with E-state index in [0.29, 0.717) is 18.3 Å². The molecule has 1 amide bonds. The first-order valence-corrected chi connectivity index (χ1v) is 6.30. The Morgan fingerprint density at radius 2 is 2.44 bits per heavy atom. The topological polar surface area (TPSA) is 75.1 Å². The quantitative estimate of drug-likeness (QED) is 0.686. The van der Waals surface area contributed by atoms with Crippen molar-refractivity contribution >= 4 is 5.91 Å². The van der Waals surface area contributed by atoms with Gasteiger partial charge in [-0.05, 0) is 13.6 Å². The van der Waals surface area contributed by atoms with E-state index in [2.05, 4.69) is 32.8 Å². The fourth-order valence-corrected chi connectivity index (χ4v) is 1.63. The molecule has 1 saturated heterocycles. The number of carbonyl (C=O) groups excluding carboxylic acids is 1. The zero-order valence-corrected chi connectivity index (χ0v) is 10.9. The van der Waals surface area contributed by atoms with Crippen LogP contribution < -0.4 is 10.6 Å². The second-order valence-electron chi connectivity index (χ2n) is 4.55. The van der Waals surface area contributed by atoms with Gasteiger partial charge in [-0.1, -0.05) is 12.1 Å². The Balaban J connectivity index is 1.79. The van der Waals surface area contributed by atoms with Gasteiger partial charge in [0.25, 0.3) is 5.91 Å². The van der Waals surface area contributed by atoms with Crippen molar-refractivity contribution in [1.82, 2.24) is 30.5 Å². The van der Waals surface area contributed by atoms with Crippen molar-refractivity contribution in [2.24, 2.45) is 0 Å². The monoisotopic (exact) mass is 252 g/mol. The molecule has 2 rings (SSSR count). The van der Waals surface area contributed by atoms with Gasteiger partial charge < -0.3 is 15.5 Å². The van der Waals surface area contributed by atoms with Crippen LogP contribution in [0.4, 0.5) is 0 Å². The molecule has 100 valence electrons. The molecule has 18 heavy (non-hydrogen) atoms. The van der Waals surface area contributed by atoms with Gasteiger partial charge in [0.15, 0.2) is 5.69 Å². The van der Waals surface area contributed by atoms with Crippen LogP contribution in [0.3, 0.4) is 0 Å². The minimum atomic E-state index is -0.155. The number of hydrogen-bond donors (Lipinski definition) is 2. The predicted molar refractivity (Wildman–Crippen MR) is 67.4 cm³/mol. The van der Waals surface area contributed by atoms with Crippen LogP contribution in [0.25, 0.3) is 0 Å². The third-order valence-corrected chi connectivity index (χ3v) is 3.20. The third-order valence-electron chi connectivity index (χ3n) is 3.20. The van der Waals surface area contributed by atoms with Crippen LogP contribution in [0.15, 0.2) is 6.20 Å². The third kappa shape index (κ3) is 3.05. The normalized spacial score (nSPS) is 15.7. The van der Waals surface area contributed by atoms with Gasteiger partial charge in [0, 0.05) is 26.2 Å². The molecule has 1 aromatic rings. The van der Waals surface area contributed by atoms with Crippen molar-refractivity contribution in [3.63, 3.8) is 0 Å². The summed E-state index contributed by atoms with van der Waals surface area (Å²) in [5.41, 5.74) is 0.390. The van der Waals surface area contributed by atoms with E-state index in [1.165, 1.54) is 0 Å². The minimum Gasteiger partial charge on any atom is -0.349 e. The van der Waals surface area contributed by atoms with E-state index in [-0.39, 0.29) is 5.91 Å². The van der Waals surface area contributed by atoms with E-state index in [9.17, 15) is 4.79 Å². The van der Waals surface area contributed by atoms with Crippen molar-refractivity contribution in [3.8, 4) is 0 Å². The minimum absolute atomic E-state index is 0.155. The Labute approximate surface area is 107 Å². The average molecular weight is 252 g/mol. The lowest BCUT2D eigenvalue weighted by molar-refractivity contribution is 0.0945. The molecule has 2 N–H and O–H groups in total. The molecule has 7 heteroatoms. The Kier molecular flexibility index (Phi) is 4.27. The number of amides is 1. The summed E-state index contributed by atoms with van der Waals surface area (Å²) in [5, 5.41) is 13.9. The van der Waals surface area contributed by atoms with Crippen molar-refractivity contribution in [3.05, 3.63) is 11.9 Å². The van der Waals surface area contributed by atoms with Crippen LogP contribution in [0.2, 0.25) is 0 Å². The van der Waals surface area contributed by atoms with Crippen LogP contribution in [-0.4, -0.2) is 65.6 Å². The van der Waals surface area contributed by atoms with E-state index < -0.39 is 0 Å². The Bertz CT molecular complexity index is 400. The molecule has 2 heterocycles. The Morgan fingerprint density at radius 1 is 1.67 bits per heavy atom. The lowest BCUT2D eigenvalue weighted by Crippen LogP contribution is -2.43. The van der Waals surface area contributed by atoms with Crippen LogP contribution in [-0.2, 0) is 0 Å². The first kappa shape index (κ1) is 13.0. The Morgan fingerprint density at radius 3 is 3.06 bits per heavy atom. The number of likely N-dealkylation sites (N-methyl/N-ethyl adjacent to an activating group) is 1. The molecule has 7 nitrogen and oxygen atoms in total. The van der Waals surface area contributed by atoms with Crippen LogP contribution in [0.1, 0.15) is 23.5 Å². The molecule has 0 aromatic carbocycles. The highest BCUT2D eigenvalue weighted by Gasteiger charge is 2.21. The molecular formula is C11H20N6O. The highest BCUT2D eigenvalue weighted by atomic mass is 16.2. The summed E-state index contributed by atoms with van der Waals surface area (Å²) in [4.78, 5) is 13.9. The lowest BCUT2D eigenvalue weighted by Gasteiger charge is -2.26. The van der Waals surface area contributed by atoms with Gasteiger partial charge >= 0.3 is 0 Å². The summed E-state index contributed by atoms with van der Waals surface area (Å²) >= 11 is 0. The second kappa shape index (κ2) is 5.92. The zero-order chi connectivity index (χ0) is 13.0. The summed E-state index contributed by atoms with van der Waals surface area (Å²) in [6, 6.07) is 0.338. The molecule has 0 saturated carbocycles. The number of hydrogen-bond acceptors (Lipinski definition) is 5. The van der Waals surface area contributed by atoms with Gasteiger partial charge in [0.2, 0.25) is 0 Å². The van der Waals surface area contributed by atoms with Crippen molar-refractivity contribution in [2.75, 3.05) is 39.8 Å². The largest absolute Gasteiger partial charge is 0.349 e. The maximum Gasteiger partial charge on any atom is 0.273 e. The van der Waals surface area contributed by atoms with Gasteiger partial charge in [-0.3, -0.25) is 4.79 Å². The second-order valence-corrected chi connectivity index (χ2v) is 4.55. The molecule has 0 radical (unpaired) electrons. The number of nitrogens with one attached hydrogen (secondary N) is 2. The fourth-order valence-electron chi connectivity index (χ4n) is 1.63. The maximum atomic E-state index is 11.8. The molecule has 0 aliphatic carbocycles. The van der Waals surface area contributed by atoms with Crippen molar-refractivity contribution in [1.29, 1.82) is 0 Å². The number of nitrogens with zero attached hydrogens (tertiary/aromatic N) is 4. The molecular weight excluding hydrogens is 232 g/mol. The van der Waals surface area contributed by atoms with E-state index >= 15 is 0 Å². The lowest BCUT2D eigenvalue weighted by atomic mass is 10.2. The highest BCUT2D eigenvalue weighted by Crippen LogP contribution is 2.09. The molecule has 1 aliphatic rings. The Hall–Kier alpha value is -1.47. The standard InChI is InChI=1S/C11H20N6O/c1-3-16(2)5-4-13-11(18)10-8-17(15-14-10)9-6-12-7-9/h8-9,12H,3-7H2,1-2H3,(H,13,18). The smallest absolute Gasteiger partial charge is 0.273 e. The number of rotatable bonds is 6. The average Bonchev–Trinajstić information content (AvgIpc) is 2.75. The predicted octanol–water partition coefficient (Wildman–Crippen LogP) is -0.896. The SMILES string of the molecule is CCN(C)CCNC(=O)c1cn(C2CNC2)nn1. The first-order valence-electron chi connectivity index (χ1n) is 6.30. The van der Waals surface area contributed by atoms with Crippen LogP contribution in [0, 0.1) is 0 Å². The molecule has 0 unspecified atom stereocenters. The van der Waals surface area contributed by atoms with Gasteiger partial charge in [-0.2, -0.15) is 0 Å². The summed E-state index contributed by atoms with van der Waals surface area (Å²) in [6.07, 6.45) is 1.71. The molecule has 1 fully saturated rings. The maximum absolute atomic E-state index is 11.8. The molecule has 1 aliphatic heterocycles. The van der Waals surface area contributed by atoms with Gasteiger partial charge in [-0.15, -0.1) is 5.10 Å². The van der Waals surface area contributed by atoms with E-state index in [1.54, 1.807) is 10.9 Å². The zero-order valence-electron chi connectivity index (χ0n) is 10.9. The molecule has 0 bridgehead atoms. The van der Waals surface area contributed by atoms with E-state index in [4.69, 9.17) is 0 Å². The first-order chi connectivity index (χ1) is 8.70. The van der Waals surface area contributed by atoms with Crippen molar-refractivity contribution in [2.45, 2.75) is 13.0 Å². The van der Waals surface area contributed by atoms with Crippen LogP contribution >= 0.6 is 0 Å². The summed E-state index contributed by atoms with van der Waals surface area (Å²) < 4.78 is 1.75.